The molecular weight excluding hydrogens is 194 g/mol. The van der Waals surface area contributed by atoms with Gasteiger partial charge < -0.3 is 20.6 Å². The molecular formula is C11H17NO3. The molecule has 0 saturated heterocycles. The van der Waals surface area contributed by atoms with E-state index in [1.165, 1.54) is 0 Å². The van der Waals surface area contributed by atoms with Crippen LogP contribution in [0.1, 0.15) is 5.56 Å². The number of nitrogens with one attached hydrogen (secondary N) is 1. The monoisotopic (exact) mass is 211 g/mol. The summed E-state index contributed by atoms with van der Waals surface area (Å²) in [7, 11) is 0. The predicted molar refractivity (Wildman–Crippen MR) is 58.8 cm³/mol. The third-order valence-electron chi connectivity index (χ3n) is 2.14. The maximum Gasteiger partial charge on any atom is 0.0942 e. The Balaban J connectivity index is 2.58. The molecule has 0 bridgehead atoms. The molecule has 4 heteroatoms. The minimum Gasteiger partial charge on any atom is -0.396 e. The topological polar surface area (TPSA) is 72.7 Å². The molecule has 1 aromatic carbocycles. The van der Waals surface area contributed by atoms with Crippen LogP contribution in [0.15, 0.2) is 24.3 Å². The first-order valence-electron chi connectivity index (χ1n) is 4.99. The van der Waals surface area contributed by atoms with Crippen LogP contribution in [0.25, 0.3) is 0 Å². The van der Waals surface area contributed by atoms with Crippen LogP contribution in [0, 0.1) is 0 Å². The number of hydrogen-bond acceptors (Lipinski definition) is 4. The van der Waals surface area contributed by atoms with Gasteiger partial charge in [-0.3, -0.25) is 0 Å². The van der Waals surface area contributed by atoms with Gasteiger partial charge in [0.25, 0.3) is 0 Å². The summed E-state index contributed by atoms with van der Waals surface area (Å²) in [5.74, 6) is 0. The van der Waals surface area contributed by atoms with E-state index in [2.05, 4.69) is 5.32 Å². The van der Waals surface area contributed by atoms with E-state index in [0.717, 1.165) is 11.3 Å². The van der Waals surface area contributed by atoms with Gasteiger partial charge in [-0.25, -0.2) is 0 Å². The van der Waals surface area contributed by atoms with Crippen LogP contribution >= 0.6 is 0 Å². The molecule has 4 N–H and O–H groups in total. The molecule has 0 aliphatic carbocycles. The Morgan fingerprint density at radius 3 is 2.60 bits per heavy atom. The standard InChI is InChI=1S/C11H17NO3/c13-6-5-9-3-1-2-4-11(9)12-7-10(15)8-14/h1-4,10,12-15H,5-8H2. The lowest BCUT2D eigenvalue weighted by Gasteiger charge is -2.13. The first-order valence-corrected chi connectivity index (χ1v) is 4.99. The number of para-hydroxylation sites is 1. The Kier molecular flexibility index (Phi) is 5.10. The van der Waals surface area contributed by atoms with Gasteiger partial charge >= 0.3 is 0 Å². The van der Waals surface area contributed by atoms with E-state index in [-0.39, 0.29) is 13.2 Å². The summed E-state index contributed by atoms with van der Waals surface area (Å²) in [4.78, 5) is 0. The van der Waals surface area contributed by atoms with Gasteiger partial charge in [0.05, 0.1) is 12.7 Å². The van der Waals surface area contributed by atoms with Gasteiger partial charge in [0, 0.05) is 18.8 Å². The van der Waals surface area contributed by atoms with Crippen LogP contribution in [-0.4, -0.2) is 41.2 Å². The summed E-state index contributed by atoms with van der Waals surface area (Å²) in [5.41, 5.74) is 1.89. The SMILES string of the molecule is OCCc1ccccc1NCC(O)CO. The molecule has 1 rings (SSSR count). The van der Waals surface area contributed by atoms with E-state index < -0.39 is 6.10 Å². The Morgan fingerprint density at radius 2 is 1.93 bits per heavy atom. The van der Waals surface area contributed by atoms with Crippen LogP contribution in [0.3, 0.4) is 0 Å². The number of rotatable bonds is 6. The zero-order valence-electron chi connectivity index (χ0n) is 8.56. The van der Waals surface area contributed by atoms with Crippen molar-refractivity contribution < 1.29 is 15.3 Å². The van der Waals surface area contributed by atoms with Crippen molar-refractivity contribution in [2.24, 2.45) is 0 Å². The zero-order valence-corrected chi connectivity index (χ0v) is 8.56. The lowest BCUT2D eigenvalue weighted by Crippen LogP contribution is -2.23. The molecule has 0 aliphatic heterocycles. The lowest BCUT2D eigenvalue weighted by atomic mass is 10.1. The Hall–Kier alpha value is -1.10. The summed E-state index contributed by atoms with van der Waals surface area (Å²) in [6, 6.07) is 7.59. The molecule has 15 heavy (non-hydrogen) atoms. The second kappa shape index (κ2) is 6.40. The van der Waals surface area contributed by atoms with Crippen molar-refractivity contribution in [3.63, 3.8) is 0 Å². The Bertz CT molecular complexity index is 291. The molecule has 0 aromatic heterocycles. The number of aliphatic hydroxyl groups is 3. The minimum atomic E-state index is -0.757. The molecule has 0 radical (unpaired) electrons. The highest BCUT2D eigenvalue weighted by Gasteiger charge is 2.04. The quantitative estimate of drug-likeness (QED) is 0.534. The van der Waals surface area contributed by atoms with Crippen molar-refractivity contribution in [3.8, 4) is 0 Å². The minimum absolute atomic E-state index is 0.0985. The smallest absolute Gasteiger partial charge is 0.0942 e. The van der Waals surface area contributed by atoms with Crippen molar-refractivity contribution in [3.05, 3.63) is 29.8 Å². The molecule has 0 aliphatic rings. The molecule has 1 unspecified atom stereocenters. The number of anilines is 1. The molecule has 84 valence electrons. The molecule has 0 fully saturated rings. The van der Waals surface area contributed by atoms with Gasteiger partial charge in [-0.05, 0) is 18.1 Å². The van der Waals surface area contributed by atoms with Gasteiger partial charge in [-0.1, -0.05) is 18.2 Å². The second-order valence-electron chi connectivity index (χ2n) is 3.35. The van der Waals surface area contributed by atoms with Crippen molar-refractivity contribution in [1.82, 2.24) is 0 Å². The number of benzene rings is 1. The maximum atomic E-state index is 9.18. The van der Waals surface area contributed by atoms with Gasteiger partial charge in [-0.2, -0.15) is 0 Å². The fourth-order valence-corrected chi connectivity index (χ4v) is 1.32. The maximum absolute atomic E-state index is 9.18. The molecule has 0 heterocycles. The predicted octanol–water partition coefficient (Wildman–Crippen LogP) is -0.0135. The first kappa shape index (κ1) is 12.0. The number of aliphatic hydroxyl groups excluding tert-OH is 3. The average molecular weight is 211 g/mol. The highest BCUT2D eigenvalue weighted by Crippen LogP contribution is 2.15. The van der Waals surface area contributed by atoms with Crippen molar-refractivity contribution in [2.45, 2.75) is 12.5 Å². The molecule has 0 amide bonds. The van der Waals surface area contributed by atoms with Crippen LogP contribution in [0.2, 0.25) is 0 Å². The second-order valence-corrected chi connectivity index (χ2v) is 3.35. The molecule has 1 aromatic rings. The Morgan fingerprint density at radius 1 is 1.20 bits per heavy atom. The normalized spacial score (nSPS) is 12.5. The summed E-state index contributed by atoms with van der Waals surface area (Å²) in [6.45, 7) is 0.148. The molecule has 1 atom stereocenters. The fourth-order valence-electron chi connectivity index (χ4n) is 1.32. The van der Waals surface area contributed by atoms with E-state index in [4.69, 9.17) is 10.2 Å². The largest absolute Gasteiger partial charge is 0.396 e. The first-order chi connectivity index (χ1) is 7.27. The van der Waals surface area contributed by atoms with E-state index >= 15 is 0 Å². The highest BCUT2D eigenvalue weighted by atomic mass is 16.3. The van der Waals surface area contributed by atoms with E-state index in [1.807, 2.05) is 24.3 Å². The summed E-state index contributed by atoms with van der Waals surface area (Å²) >= 11 is 0. The summed E-state index contributed by atoms with van der Waals surface area (Å²) in [5, 5.41) is 29.7. The average Bonchev–Trinajstić information content (AvgIpc) is 2.28. The van der Waals surface area contributed by atoms with Gasteiger partial charge in [0.1, 0.15) is 0 Å². The fraction of sp³-hybridized carbons (Fsp3) is 0.455. The van der Waals surface area contributed by atoms with E-state index in [1.54, 1.807) is 0 Å². The van der Waals surface area contributed by atoms with Crippen molar-refractivity contribution in [1.29, 1.82) is 0 Å². The van der Waals surface area contributed by atoms with E-state index in [0.29, 0.717) is 13.0 Å². The van der Waals surface area contributed by atoms with Gasteiger partial charge in [-0.15, -0.1) is 0 Å². The lowest BCUT2D eigenvalue weighted by molar-refractivity contribution is 0.105. The van der Waals surface area contributed by atoms with Crippen molar-refractivity contribution >= 4 is 5.69 Å². The van der Waals surface area contributed by atoms with Crippen LogP contribution in [0.4, 0.5) is 5.69 Å². The third-order valence-corrected chi connectivity index (χ3v) is 2.14. The highest BCUT2D eigenvalue weighted by molar-refractivity contribution is 5.51. The zero-order chi connectivity index (χ0) is 11.1. The summed E-state index contributed by atoms with van der Waals surface area (Å²) < 4.78 is 0. The van der Waals surface area contributed by atoms with Crippen LogP contribution < -0.4 is 5.32 Å². The summed E-state index contributed by atoms with van der Waals surface area (Å²) in [6.07, 6.45) is -0.175. The molecule has 0 saturated carbocycles. The van der Waals surface area contributed by atoms with Crippen LogP contribution in [-0.2, 0) is 6.42 Å². The van der Waals surface area contributed by atoms with Gasteiger partial charge in [0.15, 0.2) is 0 Å². The van der Waals surface area contributed by atoms with Crippen molar-refractivity contribution in [2.75, 3.05) is 25.1 Å². The number of hydrogen-bond donors (Lipinski definition) is 4. The third kappa shape index (κ3) is 3.87. The van der Waals surface area contributed by atoms with E-state index in [9.17, 15) is 5.11 Å². The Labute approximate surface area is 89.2 Å². The van der Waals surface area contributed by atoms with Crippen LogP contribution in [0.5, 0.6) is 0 Å². The molecule has 0 spiro atoms. The molecule has 4 nitrogen and oxygen atoms in total. The van der Waals surface area contributed by atoms with Gasteiger partial charge in [0.2, 0.25) is 0 Å².